The number of anilines is 1. The van der Waals surface area contributed by atoms with Crippen LogP contribution in [0, 0.1) is 0 Å². The number of ether oxygens (including phenoxy) is 1. The Bertz CT molecular complexity index is 785. The van der Waals surface area contributed by atoms with Gasteiger partial charge in [-0.05, 0) is 42.7 Å². The molecule has 2 aromatic carbocycles. The van der Waals surface area contributed by atoms with Crippen LogP contribution >= 0.6 is 0 Å². The Morgan fingerprint density at radius 3 is 2.31 bits per heavy atom. The summed E-state index contributed by atoms with van der Waals surface area (Å²) in [5.74, 6) is 0.540. The molecule has 1 N–H and O–H groups in total. The van der Waals surface area contributed by atoms with Gasteiger partial charge in [-0.25, -0.2) is 0 Å². The van der Waals surface area contributed by atoms with Gasteiger partial charge in [0.25, 0.3) is 0 Å². The lowest BCUT2D eigenvalue weighted by Gasteiger charge is -2.36. The highest BCUT2D eigenvalue weighted by atomic mass is 16.5. The van der Waals surface area contributed by atoms with E-state index in [2.05, 4.69) is 22.3 Å². The van der Waals surface area contributed by atoms with Gasteiger partial charge in [-0.15, -0.1) is 0 Å². The van der Waals surface area contributed by atoms with Crippen LogP contribution in [0.25, 0.3) is 0 Å². The number of carbonyl (C=O) groups excluding carboxylic acids is 2. The van der Waals surface area contributed by atoms with E-state index in [9.17, 15) is 9.59 Å². The van der Waals surface area contributed by atoms with Crippen molar-refractivity contribution in [1.29, 1.82) is 0 Å². The molecule has 0 atom stereocenters. The minimum Gasteiger partial charge on any atom is -0.497 e. The van der Waals surface area contributed by atoms with Crippen molar-refractivity contribution in [3.8, 4) is 5.75 Å². The second-order valence-electron chi connectivity index (χ2n) is 7.18. The number of piperazine rings is 1. The van der Waals surface area contributed by atoms with Crippen molar-refractivity contribution < 1.29 is 14.3 Å². The highest BCUT2D eigenvalue weighted by Gasteiger charge is 2.22. The van der Waals surface area contributed by atoms with E-state index < -0.39 is 0 Å². The smallest absolute Gasteiger partial charge is 0.232 e. The molecule has 6 nitrogen and oxygen atoms in total. The van der Waals surface area contributed by atoms with Crippen LogP contribution in [0.2, 0.25) is 0 Å². The first-order chi connectivity index (χ1) is 14.2. The number of hydrogen-bond acceptors (Lipinski definition) is 4. The van der Waals surface area contributed by atoms with Crippen molar-refractivity contribution in [3.05, 3.63) is 60.2 Å². The lowest BCUT2D eigenvalue weighted by atomic mass is 10.1. The fraction of sp³-hybridized carbons (Fsp3) is 0.391. The van der Waals surface area contributed by atoms with Gasteiger partial charge in [-0.3, -0.25) is 9.59 Å². The van der Waals surface area contributed by atoms with Crippen LogP contribution in [-0.2, 0) is 16.0 Å². The Morgan fingerprint density at radius 1 is 0.966 bits per heavy atom. The molecule has 0 aromatic heterocycles. The summed E-state index contributed by atoms with van der Waals surface area (Å²) >= 11 is 0. The van der Waals surface area contributed by atoms with Crippen molar-refractivity contribution >= 4 is 17.5 Å². The number of aryl methyl sites for hydroxylation is 1. The van der Waals surface area contributed by atoms with Crippen molar-refractivity contribution in [2.24, 2.45) is 0 Å². The predicted octanol–water partition coefficient (Wildman–Crippen LogP) is 2.48. The quantitative estimate of drug-likeness (QED) is 0.551. The number of nitrogens with zero attached hydrogens (tertiary/aromatic N) is 2. The highest BCUT2D eigenvalue weighted by molar-refractivity contribution is 5.96. The molecule has 1 fully saturated rings. The number of nitrogens with one attached hydrogen (secondary N) is 1. The second kappa shape index (κ2) is 10.5. The Kier molecular flexibility index (Phi) is 7.50. The Labute approximate surface area is 172 Å². The van der Waals surface area contributed by atoms with E-state index in [1.54, 1.807) is 12.0 Å². The summed E-state index contributed by atoms with van der Waals surface area (Å²) in [7, 11) is 1.65. The van der Waals surface area contributed by atoms with Gasteiger partial charge in [0, 0.05) is 38.4 Å². The summed E-state index contributed by atoms with van der Waals surface area (Å²) in [4.78, 5) is 28.5. The number of amides is 2. The number of rotatable bonds is 8. The minimum atomic E-state index is -0.194. The summed E-state index contributed by atoms with van der Waals surface area (Å²) in [5.41, 5.74) is 2.38. The molecule has 0 aliphatic carbocycles. The average Bonchev–Trinajstić information content (AvgIpc) is 2.77. The highest BCUT2D eigenvalue weighted by Crippen LogP contribution is 2.20. The largest absolute Gasteiger partial charge is 0.497 e. The number of hydrogen-bond donors (Lipinski definition) is 1. The maximum atomic E-state index is 12.4. The summed E-state index contributed by atoms with van der Waals surface area (Å²) in [5, 5.41) is 2.86. The van der Waals surface area contributed by atoms with Gasteiger partial charge in [0.15, 0.2) is 0 Å². The standard InChI is InChI=1S/C23H29N3O3/c1-29-21-11-9-20(10-12-21)25-14-16-26(17-15-25)23(28)18-22(27)24-13-5-8-19-6-3-2-4-7-19/h2-4,6-7,9-12H,5,8,13-18H2,1H3,(H,24,27). The molecule has 6 heteroatoms. The summed E-state index contributed by atoms with van der Waals surface area (Å²) in [6, 6.07) is 18.1. The van der Waals surface area contributed by atoms with Crippen LogP contribution in [0.4, 0.5) is 5.69 Å². The maximum Gasteiger partial charge on any atom is 0.232 e. The lowest BCUT2D eigenvalue weighted by molar-refractivity contribution is -0.136. The molecule has 29 heavy (non-hydrogen) atoms. The van der Waals surface area contributed by atoms with E-state index in [1.807, 2.05) is 42.5 Å². The molecular weight excluding hydrogens is 366 g/mol. The predicted molar refractivity (Wildman–Crippen MR) is 114 cm³/mol. The van der Waals surface area contributed by atoms with Crippen molar-refractivity contribution in [3.63, 3.8) is 0 Å². The van der Waals surface area contributed by atoms with Crippen LogP contribution in [0.15, 0.2) is 54.6 Å². The zero-order valence-corrected chi connectivity index (χ0v) is 17.0. The first-order valence-electron chi connectivity index (χ1n) is 10.1. The fourth-order valence-electron chi connectivity index (χ4n) is 3.48. The Hall–Kier alpha value is -3.02. The first-order valence-corrected chi connectivity index (χ1v) is 10.1. The summed E-state index contributed by atoms with van der Waals surface area (Å²) in [6.45, 7) is 3.37. The van der Waals surface area contributed by atoms with Crippen LogP contribution < -0.4 is 15.0 Å². The molecule has 1 aliphatic rings. The third kappa shape index (κ3) is 6.24. The first kappa shape index (κ1) is 20.7. The Morgan fingerprint density at radius 2 is 1.66 bits per heavy atom. The SMILES string of the molecule is COc1ccc(N2CCN(C(=O)CC(=O)NCCCc3ccccc3)CC2)cc1. The van der Waals surface area contributed by atoms with E-state index in [1.165, 1.54) is 5.56 Å². The molecule has 0 unspecified atom stereocenters. The third-order valence-corrected chi connectivity index (χ3v) is 5.19. The van der Waals surface area contributed by atoms with Crippen LogP contribution in [-0.4, -0.2) is 56.5 Å². The zero-order chi connectivity index (χ0) is 20.5. The van der Waals surface area contributed by atoms with Crippen LogP contribution in [0.5, 0.6) is 5.75 Å². The van der Waals surface area contributed by atoms with Gasteiger partial charge in [0.1, 0.15) is 12.2 Å². The van der Waals surface area contributed by atoms with Gasteiger partial charge in [-0.1, -0.05) is 30.3 Å². The van der Waals surface area contributed by atoms with E-state index in [4.69, 9.17) is 4.74 Å². The molecule has 1 saturated heterocycles. The molecule has 154 valence electrons. The van der Waals surface area contributed by atoms with Gasteiger partial charge in [-0.2, -0.15) is 0 Å². The topological polar surface area (TPSA) is 61.9 Å². The summed E-state index contributed by atoms with van der Waals surface area (Å²) < 4.78 is 5.19. The minimum absolute atomic E-state index is 0.0755. The molecule has 2 amide bonds. The van der Waals surface area contributed by atoms with Gasteiger partial charge >= 0.3 is 0 Å². The third-order valence-electron chi connectivity index (χ3n) is 5.19. The normalized spacial score (nSPS) is 13.8. The second-order valence-corrected chi connectivity index (χ2v) is 7.18. The van der Waals surface area contributed by atoms with Crippen LogP contribution in [0.3, 0.4) is 0 Å². The monoisotopic (exact) mass is 395 g/mol. The van der Waals surface area contributed by atoms with Crippen LogP contribution in [0.1, 0.15) is 18.4 Å². The lowest BCUT2D eigenvalue weighted by Crippen LogP contribution is -2.49. The van der Waals surface area contributed by atoms with Crippen molar-refractivity contribution in [2.75, 3.05) is 44.7 Å². The molecule has 2 aromatic rings. The molecule has 0 radical (unpaired) electrons. The summed E-state index contributed by atoms with van der Waals surface area (Å²) in [6.07, 6.45) is 1.71. The molecule has 0 bridgehead atoms. The number of benzene rings is 2. The molecule has 3 rings (SSSR count). The van der Waals surface area contributed by atoms with Crippen molar-refractivity contribution in [1.82, 2.24) is 10.2 Å². The van der Waals surface area contributed by atoms with Gasteiger partial charge in [0.2, 0.25) is 11.8 Å². The van der Waals surface area contributed by atoms with Gasteiger partial charge in [0.05, 0.1) is 7.11 Å². The van der Waals surface area contributed by atoms with Crippen molar-refractivity contribution in [2.45, 2.75) is 19.3 Å². The number of methoxy groups -OCH3 is 1. The molecule has 1 heterocycles. The number of carbonyl (C=O) groups is 2. The zero-order valence-electron chi connectivity index (χ0n) is 17.0. The van der Waals surface area contributed by atoms with Gasteiger partial charge < -0.3 is 19.9 Å². The molecule has 0 saturated carbocycles. The molecule has 1 aliphatic heterocycles. The average molecular weight is 396 g/mol. The molecule has 0 spiro atoms. The van der Waals surface area contributed by atoms with E-state index >= 15 is 0 Å². The molecular formula is C23H29N3O3. The van der Waals surface area contributed by atoms with E-state index in [0.29, 0.717) is 19.6 Å². The van der Waals surface area contributed by atoms with E-state index in [-0.39, 0.29) is 18.2 Å². The fourth-order valence-corrected chi connectivity index (χ4v) is 3.48. The van der Waals surface area contributed by atoms with E-state index in [0.717, 1.165) is 37.4 Å². The Balaban J connectivity index is 1.35. The maximum absolute atomic E-state index is 12.4.